The summed E-state index contributed by atoms with van der Waals surface area (Å²) in [6, 6.07) is 11.2. The largest absolute Gasteiger partial charge is 0.508 e. The van der Waals surface area contributed by atoms with Gasteiger partial charge in [0.25, 0.3) is 0 Å². The van der Waals surface area contributed by atoms with Crippen LogP contribution in [-0.2, 0) is 16.5 Å². The minimum atomic E-state index is -3.95. The highest BCUT2D eigenvalue weighted by molar-refractivity contribution is 7.87. The van der Waals surface area contributed by atoms with Crippen LogP contribution in [-0.4, -0.2) is 20.1 Å². The highest BCUT2D eigenvalue weighted by Gasteiger charge is 2.19. The Balaban J connectivity index is 1.78. The van der Waals surface area contributed by atoms with Crippen molar-refractivity contribution < 1.29 is 17.7 Å². The van der Waals surface area contributed by atoms with Gasteiger partial charge in [-0.25, -0.2) is 0 Å². The zero-order valence-corrected chi connectivity index (χ0v) is 20.4. The van der Waals surface area contributed by atoms with Gasteiger partial charge in [0.15, 0.2) is 5.75 Å². The summed E-state index contributed by atoms with van der Waals surface area (Å²) < 4.78 is 30.7. The third-order valence-electron chi connectivity index (χ3n) is 5.56. The highest BCUT2D eigenvalue weighted by Crippen LogP contribution is 2.31. The predicted molar refractivity (Wildman–Crippen MR) is 132 cm³/mol. The van der Waals surface area contributed by atoms with Gasteiger partial charge in [-0.15, -0.1) is 0 Å². The number of phenolic OH excluding ortho intramolecular Hbond substituents is 1. The van der Waals surface area contributed by atoms with Gasteiger partial charge in [0, 0.05) is 12.6 Å². The number of nitrogens with one attached hydrogen (secondary N) is 1. The minimum absolute atomic E-state index is 0.0435. The number of rotatable bonds is 16. The number of unbranched alkanes of at least 4 members (excludes halogenated alkanes) is 9. The van der Waals surface area contributed by atoms with Crippen LogP contribution < -0.4 is 9.50 Å². The van der Waals surface area contributed by atoms with Gasteiger partial charge >= 0.3 is 10.1 Å². The lowest BCUT2D eigenvalue weighted by atomic mass is 10.0. The molecular formula is C26H39NO4S. The van der Waals surface area contributed by atoms with Crippen LogP contribution in [0.25, 0.3) is 0 Å². The van der Waals surface area contributed by atoms with Gasteiger partial charge in [-0.2, -0.15) is 8.42 Å². The van der Waals surface area contributed by atoms with E-state index < -0.39 is 10.1 Å². The molecule has 0 amide bonds. The average Bonchev–Trinajstić information content (AvgIpc) is 2.77. The van der Waals surface area contributed by atoms with Crippen molar-refractivity contribution >= 4 is 15.8 Å². The zero-order chi connectivity index (χ0) is 23.2. The molecule has 2 aromatic carbocycles. The Kier molecular flexibility index (Phi) is 11.4. The molecule has 0 bridgehead atoms. The molecule has 5 nitrogen and oxygen atoms in total. The van der Waals surface area contributed by atoms with Gasteiger partial charge in [-0.1, -0.05) is 76.8 Å². The van der Waals surface area contributed by atoms with Gasteiger partial charge < -0.3 is 14.6 Å². The highest BCUT2D eigenvalue weighted by atomic mass is 32.2. The molecule has 0 spiro atoms. The van der Waals surface area contributed by atoms with Crippen molar-refractivity contribution in [3.8, 4) is 11.5 Å². The van der Waals surface area contributed by atoms with Crippen molar-refractivity contribution in [2.45, 2.75) is 89.4 Å². The fraction of sp³-hybridized carbons (Fsp3) is 0.538. The molecule has 0 unspecified atom stereocenters. The molecule has 2 N–H and O–H groups in total. The number of anilines is 1. The van der Waals surface area contributed by atoms with Crippen LogP contribution in [0, 0.1) is 0 Å². The maximum absolute atomic E-state index is 12.7. The number of aryl methyl sites for hydroxylation is 1. The molecular weight excluding hydrogens is 422 g/mol. The van der Waals surface area contributed by atoms with Gasteiger partial charge in [0.2, 0.25) is 0 Å². The number of hydrogen-bond acceptors (Lipinski definition) is 5. The van der Waals surface area contributed by atoms with E-state index in [2.05, 4.69) is 12.2 Å². The van der Waals surface area contributed by atoms with Crippen molar-refractivity contribution in [2.24, 2.45) is 0 Å². The molecule has 0 aliphatic carbocycles. The van der Waals surface area contributed by atoms with E-state index in [4.69, 9.17) is 4.18 Å². The molecule has 0 aromatic heterocycles. The van der Waals surface area contributed by atoms with Crippen molar-refractivity contribution in [2.75, 3.05) is 11.9 Å². The molecule has 0 saturated carbocycles. The van der Waals surface area contributed by atoms with Crippen LogP contribution in [0.1, 0.15) is 83.6 Å². The van der Waals surface area contributed by atoms with E-state index in [1.807, 2.05) is 19.1 Å². The third kappa shape index (κ3) is 9.11. The molecule has 0 radical (unpaired) electrons. The molecule has 0 heterocycles. The fourth-order valence-corrected chi connectivity index (χ4v) is 4.67. The lowest BCUT2D eigenvalue weighted by Gasteiger charge is -2.13. The first-order valence-corrected chi connectivity index (χ1v) is 13.5. The van der Waals surface area contributed by atoms with E-state index >= 15 is 0 Å². The van der Waals surface area contributed by atoms with E-state index in [-0.39, 0.29) is 16.4 Å². The summed E-state index contributed by atoms with van der Waals surface area (Å²) in [5, 5.41) is 12.6. The van der Waals surface area contributed by atoms with Gasteiger partial charge in [-0.05, 0) is 49.6 Å². The number of phenols is 1. The van der Waals surface area contributed by atoms with Gasteiger partial charge in [-0.3, -0.25) is 0 Å². The normalized spacial score (nSPS) is 11.4. The van der Waals surface area contributed by atoms with Crippen molar-refractivity contribution in [1.29, 1.82) is 0 Å². The number of aromatic hydroxyl groups is 1. The molecule has 32 heavy (non-hydrogen) atoms. The summed E-state index contributed by atoms with van der Waals surface area (Å²) in [6.07, 6.45) is 14.0. The first-order valence-electron chi connectivity index (χ1n) is 12.1. The van der Waals surface area contributed by atoms with E-state index in [1.165, 1.54) is 76.0 Å². The molecule has 0 saturated heterocycles. The van der Waals surface area contributed by atoms with Crippen LogP contribution in [0.3, 0.4) is 0 Å². The SMILES string of the molecule is CCCCCCCCCCCCc1ccc(S(=O)(=O)Oc2ccc(O)cc2NCC)cc1. The second-order valence-corrected chi connectivity index (χ2v) is 9.87. The number of hydrogen-bond donors (Lipinski definition) is 2. The second kappa shape index (κ2) is 14.0. The molecule has 0 fully saturated rings. The first kappa shape index (κ1) is 26.0. The standard InChI is InChI=1S/C26H39NO4S/c1-3-5-6-7-8-9-10-11-12-13-14-22-15-18-24(19-16-22)32(29,30)31-26-20-17-23(28)21-25(26)27-4-2/h15-21,27-28H,3-14H2,1-2H3. The van der Waals surface area contributed by atoms with Gasteiger partial charge in [0.05, 0.1) is 5.69 Å². The molecule has 6 heteroatoms. The molecule has 0 atom stereocenters. The van der Waals surface area contributed by atoms with E-state index in [0.29, 0.717) is 12.2 Å². The van der Waals surface area contributed by atoms with E-state index in [0.717, 1.165) is 18.4 Å². The molecule has 0 aliphatic heterocycles. The summed E-state index contributed by atoms with van der Waals surface area (Å²) in [7, 11) is -3.95. The maximum atomic E-state index is 12.7. The molecule has 0 aliphatic rings. The Morgan fingerprint density at radius 2 is 1.41 bits per heavy atom. The summed E-state index contributed by atoms with van der Waals surface area (Å²) in [4.78, 5) is 0.125. The lowest BCUT2D eigenvalue weighted by molar-refractivity contribution is 0.469. The zero-order valence-electron chi connectivity index (χ0n) is 19.6. The summed E-state index contributed by atoms with van der Waals surface area (Å²) >= 11 is 0. The molecule has 178 valence electrons. The Morgan fingerprint density at radius 1 is 0.812 bits per heavy atom. The Labute approximate surface area is 194 Å². The average molecular weight is 462 g/mol. The Hall–Kier alpha value is -2.21. The monoisotopic (exact) mass is 461 g/mol. The van der Waals surface area contributed by atoms with Crippen LogP contribution in [0.15, 0.2) is 47.4 Å². The van der Waals surface area contributed by atoms with Crippen molar-refractivity contribution in [1.82, 2.24) is 0 Å². The van der Waals surface area contributed by atoms with Crippen LogP contribution in [0.4, 0.5) is 5.69 Å². The topological polar surface area (TPSA) is 75.6 Å². The first-order chi connectivity index (χ1) is 15.5. The van der Waals surface area contributed by atoms with Crippen LogP contribution in [0.5, 0.6) is 11.5 Å². The summed E-state index contributed by atoms with van der Waals surface area (Å²) in [6.45, 7) is 4.71. The summed E-state index contributed by atoms with van der Waals surface area (Å²) in [5.74, 6) is 0.209. The Bertz CT molecular complexity index is 895. The smallest absolute Gasteiger partial charge is 0.339 e. The minimum Gasteiger partial charge on any atom is -0.508 e. The van der Waals surface area contributed by atoms with Gasteiger partial charge in [0.1, 0.15) is 10.6 Å². The fourth-order valence-electron chi connectivity index (χ4n) is 3.72. The second-order valence-electron chi connectivity index (χ2n) is 8.32. The maximum Gasteiger partial charge on any atom is 0.339 e. The van der Waals surface area contributed by atoms with Crippen molar-refractivity contribution in [3.05, 3.63) is 48.0 Å². The predicted octanol–water partition coefficient (Wildman–Crippen LogP) is 7.06. The van der Waals surface area contributed by atoms with Crippen LogP contribution in [0.2, 0.25) is 0 Å². The van der Waals surface area contributed by atoms with E-state index in [9.17, 15) is 13.5 Å². The van der Waals surface area contributed by atoms with Crippen molar-refractivity contribution in [3.63, 3.8) is 0 Å². The molecule has 2 aromatic rings. The number of benzene rings is 2. The third-order valence-corrected chi connectivity index (χ3v) is 6.81. The Morgan fingerprint density at radius 3 is 2.00 bits per heavy atom. The lowest BCUT2D eigenvalue weighted by Crippen LogP contribution is -2.11. The molecule has 2 rings (SSSR count). The quantitative estimate of drug-likeness (QED) is 0.207. The van der Waals surface area contributed by atoms with E-state index in [1.54, 1.807) is 12.1 Å². The summed E-state index contributed by atoms with van der Waals surface area (Å²) in [5.41, 5.74) is 1.58. The van der Waals surface area contributed by atoms with Crippen LogP contribution >= 0.6 is 0 Å².